The number of phenolic OH excluding ortho intramolecular Hbond substituents is 2. The molecule has 0 radical (unpaired) electrons. The van der Waals surface area contributed by atoms with Crippen molar-refractivity contribution in [1.29, 1.82) is 0 Å². The van der Waals surface area contributed by atoms with Gasteiger partial charge >= 0.3 is 0 Å². The molecule has 18 heavy (non-hydrogen) atoms. The smallest absolute Gasteiger partial charge is 0.123 e. The highest BCUT2D eigenvalue weighted by Crippen LogP contribution is 2.37. The molecule has 0 aromatic heterocycles. The fourth-order valence-corrected chi connectivity index (χ4v) is 1.54. The van der Waals surface area contributed by atoms with Crippen LogP contribution >= 0.6 is 0 Å². The van der Waals surface area contributed by atoms with Crippen LogP contribution in [-0.4, -0.2) is 10.2 Å². The summed E-state index contributed by atoms with van der Waals surface area (Å²) < 4.78 is 0. The molecule has 0 saturated heterocycles. The van der Waals surface area contributed by atoms with E-state index in [4.69, 9.17) is 11.5 Å². The normalized spacial score (nSPS) is 9.44. The Morgan fingerprint density at radius 3 is 1.39 bits per heavy atom. The molecule has 0 saturated carbocycles. The largest absolute Gasteiger partial charge is 0.507 e. The van der Waals surface area contributed by atoms with Crippen LogP contribution in [0.2, 0.25) is 0 Å². The number of hydrogen-bond donors (Lipinski definition) is 4. The highest BCUT2D eigenvalue weighted by atomic mass is 16.3. The zero-order chi connectivity index (χ0) is 13.7. The first-order valence-electron chi connectivity index (χ1n) is 5.75. The number of benzene rings is 2. The van der Waals surface area contributed by atoms with Crippen molar-refractivity contribution >= 4 is 11.4 Å². The van der Waals surface area contributed by atoms with Crippen LogP contribution in [0.25, 0.3) is 11.1 Å². The lowest BCUT2D eigenvalue weighted by molar-refractivity contribution is 0.469. The average Bonchev–Trinajstić information content (AvgIpc) is 2.38. The van der Waals surface area contributed by atoms with Gasteiger partial charge < -0.3 is 21.7 Å². The van der Waals surface area contributed by atoms with Gasteiger partial charge in [-0.3, -0.25) is 0 Å². The number of anilines is 2. The number of rotatable bonds is 1. The van der Waals surface area contributed by atoms with E-state index in [0.717, 1.165) is 0 Å². The van der Waals surface area contributed by atoms with Gasteiger partial charge in [0.25, 0.3) is 0 Å². The highest BCUT2D eigenvalue weighted by Gasteiger charge is 2.09. The van der Waals surface area contributed by atoms with Gasteiger partial charge in [0.1, 0.15) is 11.5 Å². The van der Waals surface area contributed by atoms with Crippen molar-refractivity contribution in [2.45, 2.75) is 13.8 Å². The molecule has 4 nitrogen and oxygen atoms in total. The van der Waals surface area contributed by atoms with Gasteiger partial charge in [0, 0.05) is 22.5 Å². The Morgan fingerprint density at radius 1 is 0.722 bits per heavy atom. The SMILES string of the molecule is CC.Nc1ccc(O)c(-c2cc(N)ccc2O)c1. The maximum atomic E-state index is 9.70. The number of aromatic hydroxyl groups is 2. The molecular weight excluding hydrogens is 228 g/mol. The number of nitrogens with two attached hydrogens (primary N) is 2. The van der Waals surface area contributed by atoms with Crippen molar-refractivity contribution in [3.63, 3.8) is 0 Å². The van der Waals surface area contributed by atoms with Crippen LogP contribution in [0.15, 0.2) is 36.4 Å². The Kier molecular flexibility index (Phi) is 4.43. The molecule has 0 fully saturated rings. The van der Waals surface area contributed by atoms with E-state index in [9.17, 15) is 10.2 Å². The molecule has 0 aliphatic carbocycles. The molecule has 0 amide bonds. The minimum Gasteiger partial charge on any atom is -0.507 e. The lowest BCUT2D eigenvalue weighted by atomic mass is 10.0. The summed E-state index contributed by atoms with van der Waals surface area (Å²) >= 11 is 0. The van der Waals surface area contributed by atoms with Gasteiger partial charge in [-0.2, -0.15) is 0 Å². The molecule has 0 bridgehead atoms. The van der Waals surface area contributed by atoms with Crippen LogP contribution < -0.4 is 11.5 Å². The highest BCUT2D eigenvalue weighted by molar-refractivity contribution is 5.79. The van der Waals surface area contributed by atoms with Gasteiger partial charge in [-0.15, -0.1) is 0 Å². The Labute approximate surface area is 106 Å². The van der Waals surface area contributed by atoms with Crippen molar-refractivity contribution in [3.8, 4) is 22.6 Å². The fourth-order valence-electron chi connectivity index (χ4n) is 1.54. The summed E-state index contributed by atoms with van der Waals surface area (Å²) in [4.78, 5) is 0. The Balaban J connectivity index is 0.000000771. The van der Waals surface area contributed by atoms with E-state index in [-0.39, 0.29) is 11.5 Å². The number of nitrogen functional groups attached to an aromatic ring is 2. The quantitative estimate of drug-likeness (QED) is 0.460. The molecule has 0 aliphatic rings. The topological polar surface area (TPSA) is 92.5 Å². The van der Waals surface area contributed by atoms with Gasteiger partial charge in [0.2, 0.25) is 0 Å². The second-order valence-electron chi connectivity index (χ2n) is 3.55. The summed E-state index contributed by atoms with van der Waals surface area (Å²) in [6, 6.07) is 9.30. The summed E-state index contributed by atoms with van der Waals surface area (Å²) in [6.07, 6.45) is 0. The van der Waals surface area contributed by atoms with Crippen LogP contribution in [0.5, 0.6) is 11.5 Å². The second kappa shape index (κ2) is 5.82. The van der Waals surface area contributed by atoms with Crippen LogP contribution in [0.3, 0.4) is 0 Å². The molecule has 0 unspecified atom stereocenters. The predicted molar refractivity (Wildman–Crippen MR) is 75.4 cm³/mol. The zero-order valence-corrected chi connectivity index (χ0v) is 10.5. The van der Waals surface area contributed by atoms with E-state index < -0.39 is 0 Å². The van der Waals surface area contributed by atoms with Gasteiger partial charge in [0.15, 0.2) is 0 Å². The molecule has 2 rings (SSSR count). The lowest BCUT2D eigenvalue weighted by Crippen LogP contribution is -1.89. The maximum absolute atomic E-state index is 9.70. The van der Waals surface area contributed by atoms with Gasteiger partial charge in [-0.05, 0) is 36.4 Å². The Bertz CT molecular complexity index is 490. The predicted octanol–water partition coefficient (Wildman–Crippen LogP) is 2.96. The summed E-state index contributed by atoms with van der Waals surface area (Å²) in [6.45, 7) is 4.00. The van der Waals surface area contributed by atoms with E-state index in [1.165, 1.54) is 12.1 Å². The first-order chi connectivity index (χ1) is 8.58. The molecule has 4 heteroatoms. The Morgan fingerprint density at radius 2 is 1.06 bits per heavy atom. The zero-order valence-electron chi connectivity index (χ0n) is 10.5. The third-order valence-corrected chi connectivity index (χ3v) is 2.33. The first kappa shape index (κ1) is 13.7. The van der Waals surface area contributed by atoms with Crippen molar-refractivity contribution < 1.29 is 10.2 Å². The van der Waals surface area contributed by atoms with Crippen molar-refractivity contribution in [2.24, 2.45) is 0 Å². The van der Waals surface area contributed by atoms with E-state index in [1.807, 2.05) is 13.8 Å². The minimum absolute atomic E-state index is 0.0510. The fraction of sp³-hybridized carbons (Fsp3) is 0.143. The standard InChI is InChI=1S/C12H12N2O2.C2H6/c13-7-1-3-11(15)9(5-7)10-6-8(14)2-4-12(10)16;1-2/h1-6,15-16H,13-14H2;1-2H3. The second-order valence-corrected chi connectivity index (χ2v) is 3.55. The first-order valence-corrected chi connectivity index (χ1v) is 5.75. The molecule has 2 aromatic rings. The summed E-state index contributed by atoms with van der Waals surface area (Å²) in [5.74, 6) is 0.102. The van der Waals surface area contributed by atoms with Crippen LogP contribution in [0, 0.1) is 0 Å². The van der Waals surface area contributed by atoms with Crippen molar-refractivity contribution in [3.05, 3.63) is 36.4 Å². The molecule has 0 atom stereocenters. The van der Waals surface area contributed by atoms with Crippen LogP contribution in [-0.2, 0) is 0 Å². The molecule has 96 valence electrons. The third kappa shape index (κ3) is 2.85. The van der Waals surface area contributed by atoms with Crippen molar-refractivity contribution in [1.82, 2.24) is 0 Å². The minimum atomic E-state index is 0.0510. The van der Waals surface area contributed by atoms with E-state index >= 15 is 0 Å². The molecular formula is C14H18N2O2. The third-order valence-electron chi connectivity index (χ3n) is 2.33. The number of hydrogen-bond acceptors (Lipinski definition) is 4. The number of phenols is 2. The van der Waals surface area contributed by atoms with Crippen LogP contribution in [0.1, 0.15) is 13.8 Å². The molecule has 0 aliphatic heterocycles. The summed E-state index contributed by atoms with van der Waals surface area (Å²) in [5.41, 5.74) is 13.2. The summed E-state index contributed by atoms with van der Waals surface area (Å²) in [5, 5.41) is 19.4. The maximum Gasteiger partial charge on any atom is 0.123 e. The monoisotopic (exact) mass is 246 g/mol. The summed E-state index contributed by atoms with van der Waals surface area (Å²) in [7, 11) is 0. The lowest BCUT2D eigenvalue weighted by Gasteiger charge is -2.08. The van der Waals surface area contributed by atoms with Crippen molar-refractivity contribution in [2.75, 3.05) is 11.5 Å². The molecule has 6 N–H and O–H groups in total. The van der Waals surface area contributed by atoms with E-state index in [1.54, 1.807) is 24.3 Å². The Hall–Kier alpha value is -2.36. The molecule has 0 spiro atoms. The molecule has 0 heterocycles. The van der Waals surface area contributed by atoms with Gasteiger partial charge in [-0.25, -0.2) is 0 Å². The van der Waals surface area contributed by atoms with Gasteiger partial charge in [0.05, 0.1) is 0 Å². The molecule has 2 aromatic carbocycles. The van der Waals surface area contributed by atoms with E-state index in [2.05, 4.69) is 0 Å². The van der Waals surface area contributed by atoms with Crippen LogP contribution in [0.4, 0.5) is 11.4 Å². The average molecular weight is 246 g/mol. The van der Waals surface area contributed by atoms with E-state index in [0.29, 0.717) is 22.5 Å². The van der Waals surface area contributed by atoms with Gasteiger partial charge in [-0.1, -0.05) is 13.8 Å².